The van der Waals surface area contributed by atoms with Crippen LogP contribution in [0.3, 0.4) is 0 Å². The maximum absolute atomic E-state index is 13.1. The molecule has 0 fully saturated rings. The molecule has 0 heterocycles. The lowest BCUT2D eigenvalue weighted by Gasteiger charge is -2.13. The first-order valence-corrected chi connectivity index (χ1v) is 6.36. The summed E-state index contributed by atoms with van der Waals surface area (Å²) < 4.78 is 25.9. The molecule has 0 aliphatic rings. The fourth-order valence-corrected chi connectivity index (χ4v) is 2.17. The van der Waals surface area contributed by atoms with E-state index < -0.39 is 0 Å². The predicted octanol–water partition coefficient (Wildman–Crippen LogP) is 3.73. The Hall–Kier alpha value is -1.45. The number of hydrogen-bond acceptors (Lipinski definition) is 1. The first-order valence-electron chi connectivity index (χ1n) is 5.98. The van der Waals surface area contributed by atoms with E-state index >= 15 is 0 Å². The number of nitrogens with two attached hydrogens (primary N) is 1. The second-order valence-electron chi connectivity index (χ2n) is 4.53. The van der Waals surface area contributed by atoms with Gasteiger partial charge in [0.05, 0.1) is 0 Å². The van der Waals surface area contributed by atoms with Crippen LogP contribution in [0.1, 0.15) is 11.1 Å². The van der Waals surface area contributed by atoms with Crippen molar-refractivity contribution in [1.29, 1.82) is 0 Å². The van der Waals surface area contributed by atoms with Crippen LogP contribution >= 0.6 is 11.6 Å². The topological polar surface area (TPSA) is 26.0 Å². The molecule has 0 radical (unpaired) electrons. The number of hydrogen-bond donors (Lipinski definition) is 1. The summed E-state index contributed by atoms with van der Waals surface area (Å²) in [5.74, 6) is -0.598. The van der Waals surface area contributed by atoms with E-state index in [0.29, 0.717) is 23.4 Å². The lowest BCUT2D eigenvalue weighted by Crippen LogP contribution is -2.25. The summed E-state index contributed by atoms with van der Waals surface area (Å²) in [7, 11) is 0. The van der Waals surface area contributed by atoms with Crippen molar-refractivity contribution < 1.29 is 8.78 Å². The van der Waals surface area contributed by atoms with Gasteiger partial charge in [-0.2, -0.15) is 0 Å². The molecular formula is C15H14ClF2N. The van der Waals surface area contributed by atoms with Gasteiger partial charge in [-0.3, -0.25) is 0 Å². The van der Waals surface area contributed by atoms with E-state index in [1.807, 2.05) is 0 Å². The number of halogens is 3. The van der Waals surface area contributed by atoms with Crippen LogP contribution in [-0.4, -0.2) is 6.04 Å². The quantitative estimate of drug-likeness (QED) is 0.908. The molecular weight excluding hydrogens is 268 g/mol. The summed E-state index contributed by atoms with van der Waals surface area (Å²) in [6.07, 6.45) is 1.07. The lowest BCUT2D eigenvalue weighted by atomic mass is 9.99. The molecule has 100 valence electrons. The fraction of sp³-hybridized carbons (Fsp3) is 0.200. The van der Waals surface area contributed by atoms with Gasteiger partial charge in [-0.05, 0) is 54.3 Å². The van der Waals surface area contributed by atoms with Crippen molar-refractivity contribution in [3.63, 3.8) is 0 Å². The van der Waals surface area contributed by atoms with Crippen LogP contribution in [0.15, 0.2) is 42.5 Å². The molecule has 1 nitrogen and oxygen atoms in total. The highest BCUT2D eigenvalue weighted by atomic mass is 35.5. The molecule has 2 aromatic rings. The van der Waals surface area contributed by atoms with E-state index in [-0.39, 0.29) is 17.7 Å². The van der Waals surface area contributed by atoms with E-state index in [1.165, 1.54) is 30.3 Å². The molecule has 4 heteroatoms. The Kier molecular flexibility index (Phi) is 4.51. The predicted molar refractivity (Wildman–Crippen MR) is 73.2 cm³/mol. The average Bonchev–Trinajstić information content (AvgIpc) is 2.37. The van der Waals surface area contributed by atoms with Crippen LogP contribution in [0.25, 0.3) is 0 Å². The normalized spacial score (nSPS) is 12.4. The molecule has 1 unspecified atom stereocenters. The molecule has 1 atom stereocenters. The van der Waals surface area contributed by atoms with Crippen LogP contribution in [-0.2, 0) is 12.8 Å². The number of benzene rings is 2. The van der Waals surface area contributed by atoms with Gasteiger partial charge in [-0.1, -0.05) is 23.7 Å². The van der Waals surface area contributed by atoms with Crippen molar-refractivity contribution in [2.45, 2.75) is 18.9 Å². The highest BCUT2D eigenvalue weighted by Gasteiger charge is 2.09. The second kappa shape index (κ2) is 6.13. The molecule has 0 aliphatic carbocycles. The van der Waals surface area contributed by atoms with Gasteiger partial charge in [0.15, 0.2) is 0 Å². The van der Waals surface area contributed by atoms with E-state index in [9.17, 15) is 8.78 Å². The maximum Gasteiger partial charge on any atom is 0.123 e. The van der Waals surface area contributed by atoms with Gasteiger partial charge in [-0.25, -0.2) is 8.78 Å². The molecule has 0 aliphatic heterocycles. The van der Waals surface area contributed by atoms with Gasteiger partial charge in [0, 0.05) is 11.1 Å². The smallest absolute Gasteiger partial charge is 0.123 e. The summed E-state index contributed by atoms with van der Waals surface area (Å²) >= 11 is 5.99. The third-order valence-electron chi connectivity index (χ3n) is 2.90. The van der Waals surface area contributed by atoms with Gasteiger partial charge in [0.25, 0.3) is 0 Å². The minimum Gasteiger partial charge on any atom is -0.327 e. The Morgan fingerprint density at radius 1 is 0.947 bits per heavy atom. The molecule has 0 spiro atoms. The van der Waals surface area contributed by atoms with E-state index in [4.69, 9.17) is 17.3 Å². The third-order valence-corrected chi connectivity index (χ3v) is 3.27. The molecule has 0 aromatic heterocycles. The zero-order chi connectivity index (χ0) is 13.8. The highest BCUT2D eigenvalue weighted by molar-refractivity contribution is 6.31. The Morgan fingerprint density at radius 3 is 2.26 bits per heavy atom. The zero-order valence-corrected chi connectivity index (χ0v) is 11.0. The Labute approximate surface area is 116 Å². The molecule has 0 saturated carbocycles. The lowest BCUT2D eigenvalue weighted by molar-refractivity contribution is 0.615. The van der Waals surface area contributed by atoms with Crippen LogP contribution < -0.4 is 5.73 Å². The summed E-state index contributed by atoms with van der Waals surface area (Å²) in [5, 5.41) is 0.510. The van der Waals surface area contributed by atoms with Crippen LogP contribution in [0.4, 0.5) is 8.78 Å². The Bertz CT molecular complexity index is 555. The second-order valence-corrected chi connectivity index (χ2v) is 4.94. The fourth-order valence-electron chi connectivity index (χ4n) is 1.98. The van der Waals surface area contributed by atoms with Crippen molar-refractivity contribution in [3.8, 4) is 0 Å². The van der Waals surface area contributed by atoms with Crippen LogP contribution in [0, 0.1) is 11.6 Å². The van der Waals surface area contributed by atoms with Gasteiger partial charge >= 0.3 is 0 Å². The van der Waals surface area contributed by atoms with Crippen LogP contribution in [0.2, 0.25) is 5.02 Å². The van der Waals surface area contributed by atoms with Gasteiger partial charge < -0.3 is 5.73 Å². The molecule has 0 saturated heterocycles. The van der Waals surface area contributed by atoms with E-state index in [2.05, 4.69) is 0 Å². The van der Waals surface area contributed by atoms with E-state index in [0.717, 1.165) is 5.56 Å². The first-order chi connectivity index (χ1) is 9.04. The molecule has 0 amide bonds. The summed E-state index contributed by atoms with van der Waals surface area (Å²) in [4.78, 5) is 0. The minimum atomic E-state index is -0.326. The summed E-state index contributed by atoms with van der Waals surface area (Å²) in [6.45, 7) is 0. The molecule has 19 heavy (non-hydrogen) atoms. The van der Waals surface area contributed by atoms with Crippen molar-refractivity contribution >= 4 is 11.6 Å². The highest BCUT2D eigenvalue weighted by Crippen LogP contribution is 2.19. The standard InChI is InChI=1S/C15H14ClF2N/c16-15-6-5-13(18)8-11(15)9-14(19)7-10-1-3-12(17)4-2-10/h1-6,8,14H,7,9,19H2. The summed E-state index contributed by atoms with van der Waals surface area (Å²) in [5.41, 5.74) is 7.66. The first kappa shape index (κ1) is 14.0. The Balaban J connectivity index is 2.02. The van der Waals surface area contributed by atoms with E-state index in [1.54, 1.807) is 12.1 Å². The Morgan fingerprint density at radius 2 is 1.58 bits per heavy atom. The molecule has 2 N–H and O–H groups in total. The van der Waals surface area contributed by atoms with Gasteiger partial charge in [-0.15, -0.1) is 0 Å². The maximum atomic E-state index is 13.1. The van der Waals surface area contributed by atoms with Crippen LogP contribution in [0.5, 0.6) is 0 Å². The molecule has 2 aromatic carbocycles. The zero-order valence-electron chi connectivity index (χ0n) is 10.2. The van der Waals surface area contributed by atoms with Crippen molar-refractivity contribution in [2.75, 3.05) is 0 Å². The largest absolute Gasteiger partial charge is 0.327 e. The van der Waals surface area contributed by atoms with Crippen molar-refractivity contribution in [1.82, 2.24) is 0 Å². The summed E-state index contributed by atoms with van der Waals surface area (Å²) in [6, 6.07) is 10.2. The minimum absolute atomic E-state index is 0.190. The van der Waals surface area contributed by atoms with Crippen molar-refractivity contribution in [2.24, 2.45) is 5.73 Å². The van der Waals surface area contributed by atoms with Crippen molar-refractivity contribution in [3.05, 3.63) is 70.2 Å². The van der Waals surface area contributed by atoms with Gasteiger partial charge in [0.2, 0.25) is 0 Å². The average molecular weight is 282 g/mol. The van der Waals surface area contributed by atoms with Gasteiger partial charge in [0.1, 0.15) is 11.6 Å². The third kappa shape index (κ3) is 4.01. The number of rotatable bonds is 4. The molecule has 0 bridgehead atoms. The molecule has 2 rings (SSSR count). The SMILES string of the molecule is NC(Cc1ccc(F)cc1)Cc1cc(F)ccc1Cl. The monoisotopic (exact) mass is 281 g/mol.